The van der Waals surface area contributed by atoms with Crippen molar-refractivity contribution in [2.75, 3.05) is 0 Å². The molecule has 66 valence electrons. The largest absolute Gasteiger partial charge is 0.268 e. The minimum Gasteiger partial charge on any atom is -0.268 e. The summed E-state index contributed by atoms with van der Waals surface area (Å²) in [4.78, 5) is 10.7. The van der Waals surface area contributed by atoms with E-state index in [1.807, 2.05) is 0 Å². The summed E-state index contributed by atoms with van der Waals surface area (Å²) in [5, 5.41) is 6.34. The second kappa shape index (κ2) is 3.09. The van der Waals surface area contributed by atoms with Crippen LogP contribution in [-0.2, 0) is 6.42 Å². The van der Waals surface area contributed by atoms with Gasteiger partial charge in [0, 0.05) is 6.07 Å². The molecule has 0 unspecified atom stereocenters. The van der Waals surface area contributed by atoms with E-state index in [9.17, 15) is 4.79 Å². The Morgan fingerprint density at radius 2 is 2.08 bits per heavy atom. The van der Waals surface area contributed by atoms with Crippen LogP contribution in [0.5, 0.6) is 0 Å². The quantitative estimate of drug-likeness (QED) is 0.684. The van der Waals surface area contributed by atoms with Crippen molar-refractivity contribution in [2.45, 2.75) is 27.2 Å². The van der Waals surface area contributed by atoms with Gasteiger partial charge in [-0.25, -0.2) is 5.10 Å². The Kier molecular flexibility index (Phi) is 2.31. The molecular weight excluding hydrogens is 152 g/mol. The van der Waals surface area contributed by atoms with Crippen LogP contribution < -0.4 is 5.56 Å². The van der Waals surface area contributed by atoms with Gasteiger partial charge in [0.1, 0.15) is 0 Å². The third kappa shape index (κ3) is 2.86. The molecule has 0 amide bonds. The molecule has 12 heavy (non-hydrogen) atoms. The molecule has 0 aliphatic heterocycles. The van der Waals surface area contributed by atoms with Gasteiger partial charge in [-0.15, -0.1) is 0 Å². The summed E-state index contributed by atoms with van der Waals surface area (Å²) in [5.74, 6) is 0. The van der Waals surface area contributed by atoms with Crippen LogP contribution in [-0.4, -0.2) is 10.2 Å². The predicted octanol–water partition coefficient (Wildman–Crippen LogP) is 1.36. The van der Waals surface area contributed by atoms with Gasteiger partial charge in [-0.2, -0.15) is 5.10 Å². The van der Waals surface area contributed by atoms with E-state index in [2.05, 4.69) is 31.0 Å². The van der Waals surface area contributed by atoms with E-state index in [0.29, 0.717) is 0 Å². The number of nitrogens with one attached hydrogen (secondary N) is 1. The fourth-order valence-corrected chi connectivity index (χ4v) is 1.02. The highest BCUT2D eigenvalue weighted by atomic mass is 16.1. The van der Waals surface area contributed by atoms with Gasteiger partial charge in [0.15, 0.2) is 0 Å². The van der Waals surface area contributed by atoms with Crippen molar-refractivity contribution in [1.29, 1.82) is 0 Å². The highest BCUT2D eigenvalue weighted by molar-refractivity contribution is 5.01. The molecule has 1 aromatic heterocycles. The van der Waals surface area contributed by atoms with Crippen molar-refractivity contribution in [3.05, 3.63) is 28.2 Å². The van der Waals surface area contributed by atoms with E-state index in [0.717, 1.165) is 12.1 Å². The number of aromatic amines is 1. The van der Waals surface area contributed by atoms with Crippen molar-refractivity contribution >= 4 is 0 Å². The number of aromatic nitrogens is 2. The minimum atomic E-state index is -0.146. The summed E-state index contributed by atoms with van der Waals surface area (Å²) in [6, 6.07) is 3.28. The molecule has 0 atom stereocenters. The molecule has 0 bridgehead atoms. The highest BCUT2D eigenvalue weighted by Gasteiger charge is 2.11. The van der Waals surface area contributed by atoms with Crippen LogP contribution in [0.25, 0.3) is 0 Å². The van der Waals surface area contributed by atoms with E-state index in [1.165, 1.54) is 6.07 Å². The molecule has 1 rings (SSSR count). The van der Waals surface area contributed by atoms with Gasteiger partial charge in [-0.1, -0.05) is 20.8 Å². The molecule has 3 nitrogen and oxygen atoms in total. The maximum Gasteiger partial charge on any atom is 0.264 e. The predicted molar refractivity (Wildman–Crippen MR) is 48.0 cm³/mol. The van der Waals surface area contributed by atoms with E-state index < -0.39 is 0 Å². The number of rotatable bonds is 1. The fraction of sp³-hybridized carbons (Fsp3) is 0.556. The lowest BCUT2D eigenvalue weighted by atomic mass is 9.90. The summed E-state index contributed by atoms with van der Waals surface area (Å²) in [6.45, 7) is 6.42. The van der Waals surface area contributed by atoms with Crippen molar-refractivity contribution in [2.24, 2.45) is 5.41 Å². The average Bonchev–Trinajstić information content (AvgIpc) is 1.91. The second-order valence-electron chi connectivity index (χ2n) is 4.15. The molecule has 1 aromatic rings. The molecule has 0 saturated heterocycles. The molecule has 0 aliphatic carbocycles. The van der Waals surface area contributed by atoms with Crippen LogP contribution in [0.2, 0.25) is 0 Å². The molecule has 0 saturated carbocycles. The molecule has 1 N–H and O–H groups in total. The molecule has 1 heterocycles. The Labute approximate surface area is 71.8 Å². The summed E-state index contributed by atoms with van der Waals surface area (Å²) in [6.07, 6.45) is 0.879. The van der Waals surface area contributed by atoms with Gasteiger partial charge in [0.25, 0.3) is 5.56 Å². The van der Waals surface area contributed by atoms with E-state index in [1.54, 1.807) is 6.07 Å². The van der Waals surface area contributed by atoms with E-state index in [4.69, 9.17) is 0 Å². The Morgan fingerprint density at radius 1 is 1.42 bits per heavy atom. The van der Waals surface area contributed by atoms with Gasteiger partial charge in [0.05, 0.1) is 5.69 Å². The molecule has 0 fully saturated rings. The molecule has 0 aromatic carbocycles. The fourth-order valence-electron chi connectivity index (χ4n) is 1.02. The van der Waals surface area contributed by atoms with Gasteiger partial charge in [-0.05, 0) is 17.9 Å². The number of hydrogen-bond acceptors (Lipinski definition) is 2. The second-order valence-corrected chi connectivity index (χ2v) is 4.15. The zero-order valence-electron chi connectivity index (χ0n) is 7.72. The van der Waals surface area contributed by atoms with Gasteiger partial charge < -0.3 is 0 Å². The number of hydrogen-bond donors (Lipinski definition) is 1. The minimum absolute atomic E-state index is 0.146. The first kappa shape index (κ1) is 8.97. The Bertz CT molecular complexity index is 289. The summed E-state index contributed by atoms with van der Waals surface area (Å²) < 4.78 is 0. The van der Waals surface area contributed by atoms with Crippen LogP contribution >= 0.6 is 0 Å². The summed E-state index contributed by atoms with van der Waals surface area (Å²) >= 11 is 0. The standard InChI is InChI=1S/C9H14N2O/c1-9(2,3)6-7-4-5-8(12)11-10-7/h4-5H,6H2,1-3H3,(H,11,12). The number of nitrogens with zero attached hydrogens (tertiary/aromatic N) is 1. The van der Waals surface area contributed by atoms with Crippen LogP contribution in [0.1, 0.15) is 26.5 Å². The smallest absolute Gasteiger partial charge is 0.264 e. The Hall–Kier alpha value is -1.12. The monoisotopic (exact) mass is 166 g/mol. The molecule has 0 radical (unpaired) electrons. The third-order valence-electron chi connectivity index (χ3n) is 1.45. The van der Waals surface area contributed by atoms with Crippen LogP contribution in [0.15, 0.2) is 16.9 Å². The van der Waals surface area contributed by atoms with E-state index >= 15 is 0 Å². The van der Waals surface area contributed by atoms with Crippen molar-refractivity contribution < 1.29 is 0 Å². The molecule has 0 aliphatic rings. The van der Waals surface area contributed by atoms with Crippen LogP contribution in [0.3, 0.4) is 0 Å². The summed E-state index contributed by atoms with van der Waals surface area (Å²) in [5.41, 5.74) is 1.00. The maximum absolute atomic E-state index is 10.7. The summed E-state index contributed by atoms with van der Waals surface area (Å²) in [7, 11) is 0. The Balaban J connectivity index is 2.78. The number of H-pyrrole nitrogens is 1. The van der Waals surface area contributed by atoms with Crippen molar-refractivity contribution in [3.63, 3.8) is 0 Å². The van der Waals surface area contributed by atoms with Crippen molar-refractivity contribution in [1.82, 2.24) is 10.2 Å². The normalized spacial score (nSPS) is 11.6. The molecular formula is C9H14N2O. The lowest BCUT2D eigenvalue weighted by Gasteiger charge is -2.16. The Morgan fingerprint density at radius 3 is 2.50 bits per heavy atom. The topological polar surface area (TPSA) is 45.8 Å². The third-order valence-corrected chi connectivity index (χ3v) is 1.45. The van der Waals surface area contributed by atoms with E-state index in [-0.39, 0.29) is 11.0 Å². The highest BCUT2D eigenvalue weighted by Crippen LogP contribution is 2.17. The van der Waals surface area contributed by atoms with Crippen molar-refractivity contribution in [3.8, 4) is 0 Å². The first-order chi connectivity index (χ1) is 5.47. The zero-order chi connectivity index (χ0) is 9.19. The van der Waals surface area contributed by atoms with Gasteiger partial charge >= 0.3 is 0 Å². The SMILES string of the molecule is CC(C)(C)Cc1ccc(=O)[nH]n1. The lowest BCUT2D eigenvalue weighted by molar-refractivity contribution is 0.404. The van der Waals surface area contributed by atoms with Crippen LogP contribution in [0.4, 0.5) is 0 Å². The maximum atomic E-state index is 10.7. The van der Waals surface area contributed by atoms with Gasteiger partial charge in [0.2, 0.25) is 0 Å². The zero-order valence-corrected chi connectivity index (χ0v) is 7.72. The van der Waals surface area contributed by atoms with Gasteiger partial charge in [-0.3, -0.25) is 4.79 Å². The first-order valence-corrected chi connectivity index (χ1v) is 4.02. The first-order valence-electron chi connectivity index (χ1n) is 4.02. The lowest BCUT2D eigenvalue weighted by Crippen LogP contribution is -2.14. The molecule has 0 spiro atoms. The van der Waals surface area contributed by atoms with Crippen LogP contribution in [0, 0.1) is 5.41 Å². The average molecular weight is 166 g/mol. The molecule has 3 heteroatoms.